The quantitative estimate of drug-likeness (QED) is 0.348. The SMILES string of the molecule is Cc1ccc(-n2c(C(C)N(CC(C)C)S(=O)(=O)c3ccccc3)nc3ccccc3c2=O)cc1C. The Morgan fingerprint density at radius 3 is 2.20 bits per heavy atom. The van der Waals surface area contributed by atoms with Gasteiger partial charge in [-0.05, 0) is 74.2 Å². The molecule has 0 N–H and O–H groups in total. The Hall–Kier alpha value is -3.29. The van der Waals surface area contributed by atoms with Crippen LogP contribution in [-0.4, -0.2) is 28.8 Å². The number of aromatic nitrogens is 2. The maximum absolute atomic E-state index is 13.8. The fourth-order valence-corrected chi connectivity index (χ4v) is 6.00. The van der Waals surface area contributed by atoms with Crippen LogP contribution in [0.15, 0.2) is 82.5 Å². The van der Waals surface area contributed by atoms with Crippen LogP contribution in [0.1, 0.15) is 43.8 Å². The Morgan fingerprint density at radius 1 is 0.886 bits per heavy atom. The van der Waals surface area contributed by atoms with Crippen molar-refractivity contribution < 1.29 is 8.42 Å². The van der Waals surface area contributed by atoms with Crippen LogP contribution in [0.4, 0.5) is 0 Å². The molecule has 0 aliphatic rings. The lowest BCUT2D eigenvalue weighted by Crippen LogP contribution is -2.39. The predicted molar refractivity (Wildman–Crippen MR) is 140 cm³/mol. The van der Waals surface area contributed by atoms with Gasteiger partial charge in [0.1, 0.15) is 5.82 Å². The first kappa shape index (κ1) is 24.8. The Bertz CT molecular complexity index is 1530. The van der Waals surface area contributed by atoms with E-state index in [2.05, 4.69) is 0 Å². The Labute approximate surface area is 206 Å². The van der Waals surface area contributed by atoms with Crippen molar-refractivity contribution in [3.8, 4) is 5.69 Å². The van der Waals surface area contributed by atoms with E-state index in [0.717, 1.165) is 11.1 Å². The molecule has 4 rings (SSSR count). The van der Waals surface area contributed by atoms with E-state index in [9.17, 15) is 13.2 Å². The van der Waals surface area contributed by atoms with Crippen molar-refractivity contribution in [1.29, 1.82) is 0 Å². The lowest BCUT2D eigenvalue weighted by atomic mass is 10.1. The van der Waals surface area contributed by atoms with Crippen molar-refractivity contribution in [1.82, 2.24) is 13.9 Å². The van der Waals surface area contributed by atoms with E-state index in [1.54, 1.807) is 54.0 Å². The smallest absolute Gasteiger partial charge is 0.266 e. The zero-order chi connectivity index (χ0) is 25.3. The summed E-state index contributed by atoms with van der Waals surface area (Å²) in [5.74, 6) is 0.454. The van der Waals surface area contributed by atoms with Gasteiger partial charge in [-0.3, -0.25) is 9.36 Å². The molecule has 0 bridgehead atoms. The third-order valence-corrected chi connectivity index (χ3v) is 8.20. The minimum absolute atomic E-state index is 0.0678. The number of sulfonamides is 1. The fourth-order valence-electron chi connectivity index (χ4n) is 4.23. The number of nitrogens with zero attached hydrogens (tertiary/aromatic N) is 3. The molecule has 0 amide bonds. The van der Waals surface area contributed by atoms with E-state index >= 15 is 0 Å². The third-order valence-electron chi connectivity index (χ3n) is 6.25. The highest BCUT2D eigenvalue weighted by atomic mass is 32.2. The molecule has 1 heterocycles. The van der Waals surface area contributed by atoms with E-state index < -0.39 is 16.1 Å². The van der Waals surface area contributed by atoms with E-state index in [-0.39, 0.29) is 22.9 Å². The third kappa shape index (κ3) is 4.79. The first-order chi connectivity index (χ1) is 16.6. The van der Waals surface area contributed by atoms with Gasteiger partial charge in [-0.15, -0.1) is 0 Å². The van der Waals surface area contributed by atoms with E-state index in [1.165, 1.54) is 4.31 Å². The fraction of sp³-hybridized carbons (Fsp3) is 0.286. The monoisotopic (exact) mass is 489 g/mol. The molecule has 1 aromatic heterocycles. The molecule has 0 fully saturated rings. The number of aryl methyl sites for hydroxylation is 2. The van der Waals surface area contributed by atoms with Gasteiger partial charge in [-0.2, -0.15) is 4.31 Å². The second kappa shape index (κ2) is 9.76. The summed E-state index contributed by atoms with van der Waals surface area (Å²) < 4.78 is 30.6. The molecule has 6 nitrogen and oxygen atoms in total. The van der Waals surface area contributed by atoms with Gasteiger partial charge in [-0.1, -0.05) is 50.2 Å². The van der Waals surface area contributed by atoms with Gasteiger partial charge < -0.3 is 0 Å². The highest BCUT2D eigenvalue weighted by Crippen LogP contribution is 2.29. The molecule has 1 unspecified atom stereocenters. The van der Waals surface area contributed by atoms with Crippen LogP contribution >= 0.6 is 0 Å². The van der Waals surface area contributed by atoms with Crippen molar-refractivity contribution >= 4 is 20.9 Å². The standard InChI is InChI=1S/C28H31N3O3S/c1-19(2)18-30(35(33,34)24-11-7-6-8-12-24)22(5)27-29-26-14-10-9-13-25(26)28(32)31(27)23-16-15-20(3)21(4)17-23/h6-17,19,22H,18H2,1-5H3. The van der Waals surface area contributed by atoms with Crippen molar-refractivity contribution in [2.45, 2.75) is 45.6 Å². The van der Waals surface area contributed by atoms with Crippen LogP contribution < -0.4 is 5.56 Å². The van der Waals surface area contributed by atoms with Crippen LogP contribution in [0.2, 0.25) is 0 Å². The molecule has 35 heavy (non-hydrogen) atoms. The van der Waals surface area contributed by atoms with Gasteiger partial charge in [0.15, 0.2) is 0 Å². The molecular formula is C28H31N3O3S. The number of hydrogen-bond donors (Lipinski definition) is 0. The van der Waals surface area contributed by atoms with E-state index in [4.69, 9.17) is 4.98 Å². The summed E-state index contributed by atoms with van der Waals surface area (Å²) in [6.45, 7) is 10.0. The van der Waals surface area contributed by atoms with Gasteiger partial charge in [0.05, 0.1) is 27.5 Å². The summed E-state index contributed by atoms with van der Waals surface area (Å²) in [6, 6.07) is 20.7. The van der Waals surface area contributed by atoms with Gasteiger partial charge in [-0.25, -0.2) is 13.4 Å². The van der Waals surface area contributed by atoms with Gasteiger partial charge in [0, 0.05) is 6.54 Å². The number of hydrogen-bond acceptors (Lipinski definition) is 4. The lowest BCUT2D eigenvalue weighted by molar-refractivity contribution is 0.296. The summed E-state index contributed by atoms with van der Waals surface area (Å²) in [6.07, 6.45) is 0. The van der Waals surface area contributed by atoms with Crippen LogP contribution in [-0.2, 0) is 10.0 Å². The van der Waals surface area contributed by atoms with Gasteiger partial charge in [0.25, 0.3) is 5.56 Å². The molecular weight excluding hydrogens is 458 g/mol. The highest BCUT2D eigenvalue weighted by molar-refractivity contribution is 7.89. The summed E-state index contributed by atoms with van der Waals surface area (Å²) >= 11 is 0. The summed E-state index contributed by atoms with van der Waals surface area (Å²) in [7, 11) is -3.85. The molecule has 0 saturated heterocycles. The molecule has 3 aromatic carbocycles. The van der Waals surface area contributed by atoms with Crippen molar-refractivity contribution in [3.05, 3.63) is 100 Å². The molecule has 0 aliphatic heterocycles. The molecule has 1 atom stereocenters. The maximum Gasteiger partial charge on any atom is 0.266 e. The van der Waals surface area contributed by atoms with Crippen LogP contribution in [0.5, 0.6) is 0 Å². The number of para-hydroxylation sites is 1. The highest BCUT2D eigenvalue weighted by Gasteiger charge is 2.33. The second-order valence-corrected chi connectivity index (χ2v) is 11.2. The number of fused-ring (bicyclic) bond motifs is 1. The average Bonchev–Trinajstić information content (AvgIpc) is 2.84. The van der Waals surface area contributed by atoms with Crippen LogP contribution in [0, 0.1) is 19.8 Å². The zero-order valence-electron chi connectivity index (χ0n) is 20.8. The van der Waals surface area contributed by atoms with Gasteiger partial charge >= 0.3 is 0 Å². The van der Waals surface area contributed by atoms with Gasteiger partial charge in [0.2, 0.25) is 10.0 Å². The zero-order valence-corrected chi connectivity index (χ0v) is 21.6. The Balaban J connectivity index is 1.99. The first-order valence-corrected chi connectivity index (χ1v) is 13.2. The normalized spacial score (nSPS) is 13.0. The van der Waals surface area contributed by atoms with E-state index in [0.29, 0.717) is 22.4 Å². The minimum Gasteiger partial charge on any atom is -0.268 e. The second-order valence-electron chi connectivity index (χ2n) is 9.35. The summed E-state index contributed by atoms with van der Waals surface area (Å²) in [5, 5.41) is 0.489. The predicted octanol–water partition coefficient (Wildman–Crippen LogP) is 5.41. The molecule has 0 radical (unpaired) electrons. The molecule has 4 aromatic rings. The molecule has 0 aliphatic carbocycles. The van der Waals surface area contributed by atoms with Crippen LogP contribution in [0.3, 0.4) is 0 Å². The first-order valence-electron chi connectivity index (χ1n) is 11.8. The summed E-state index contributed by atoms with van der Waals surface area (Å²) in [5.41, 5.74) is 3.14. The molecule has 7 heteroatoms. The Morgan fingerprint density at radius 2 is 1.54 bits per heavy atom. The molecule has 0 saturated carbocycles. The molecule has 0 spiro atoms. The topological polar surface area (TPSA) is 72.3 Å². The number of rotatable bonds is 7. The minimum atomic E-state index is -3.85. The van der Waals surface area contributed by atoms with Crippen molar-refractivity contribution in [2.24, 2.45) is 5.92 Å². The van der Waals surface area contributed by atoms with Crippen molar-refractivity contribution in [2.75, 3.05) is 6.54 Å². The lowest BCUT2D eigenvalue weighted by Gasteiger charge is -2.31. The number of benzene rings is 3. The Kier molecular flexibility index (Phi) is 6.92. The average molecular weight is 490 g/mol. The molecule has 182 valence electrons. The largest absolute Gasteiger partial charge is 0.268 e. The summed E-state index contributed by atoms with van der Waals surface area (Å²) in [4.78, 5) is 18.8. The van der Waals surface area contributed by atoms with E-state index in [1.807, 2.05) is 58.0 Å². The van der Waals surface area contributed by atoms with Crippen molar-refractivity contribution in [3.63, 3.8) is 0 Å². The van der Waals surface area contributed by atoms with Crippen LogP contribution in [0.25, 0.3) is 16.6 Å². The maximum atomic E-state index is 13.8.